The van der Waals surface area contributed by atoms with Crippen LogP contribution in [0, 0.1) is 6.92 Å². The lowest BCUT2D eigenvalue weighted by molar-refractivity contribution is -0.137. The van der Waals surface area contributed by atoms with E-state index in [1.54, 1.807) is 23.2 Å². The first-order chi connectivity index (χ1) is 18.8. The molecule has 5 aromatic rings. The molecule has 0 atom stereocenters. The lowest BCUT2D eigenvalue weighted by atomic mass is 10.0. The number of rotatable bonds is 4. The number of hydrogen-bond acceptors (Lipinski definition) is 5. The third kappa shape index (κ3) is 4.85. The van der Waals surface area contributed by atoms with Crippen molar-refractivity contribution in [2.24, 2.45) is 0 Å². The molecule has 3 aromatic heterocycles. The number of piperazine rings is 1. The van der Waals surface area contributed by atoms with E-state index in [1.165, 1.54) is 16.7 Å². The number of hydrogen-bond donors (Lipinski definition) is 1. The highest BCUT2D eigenvalue weighted by atomic mass is 19.4. The molecule has 0 spiro atoms. The van der Waals surface area contributed by atoms with Gasteiger partial charge in [0.1, 0.15) is 0 Å². The van der Waals surface area contributed by atoms with E-state index < -0.39 is 17.3 Å². The van der Waals surface area contributed by atoms with Gasteiger partial charge in [0.2, 0.25) is 0 Å². The zero-order valence-electron chi connectivity index (χ0n) is 21.3. The lowest BCUT2D eigenvalue weighted by Gasteiger charge is -2.32. The Hall–Kier alpha value is -4.24. The van der Waals surface area contributed by atoms with Crippen LogP contribution in [0.5, 0.6) is 0 Å². The third-order valence-electron chi connectivity index (χ3n) is 7.16. The second kappa shape index (κ2) is 9.81. The average molecular weight is 530 g/mol. The molecule has 0 radical (unpaired) electrons. The van der Waals surface area contributed by atoms with Gasteiger partial charge < -0.3 is 10.2 Å². The second-order valence-corrected chi connectivity index (χ2v) is 9.84. The van der Waals surface area contributed by atoms with Crippen LogP contribution in [0.2, 0.25) is 0 Å². The number of aromatic nitrogens is 3. The van der Waals surface area contributed by atoms with Crippen LogP contribution in [0.3, 0.4) is 0 Å². The molecule has 2 aromatic carbocycles. The zero-order chi connectivity index (χ0) is 27.1. The number of nitrogens with zero attached hydrogens (tertiary/aromatic N) is 4. The van der Waals surface area contributed by atoms with Crippen LogP contribution in [-0.2, 0) is 12.6 Å². The van der Waals surface area contributed by atoms with Crippen LogP contribution in [0.1, 0.15) is 22.4 Å². The smallest absolute Gasteiger partial charge is 0.368 e. The fourth-order valence-corrected chi connectivity index (χ4v) is 5.24. The summed E-state index contributed by atoms with van der Waals surface area (Å²) in [5.41, 5.74) is 3.25. The van der Waals surface area contributed by atoms with Gasteiger partial charge in [0.15, 0.2) is 0 Å². The Bertz CT molecular complexity index is 1740. The zero-order valence-corrected chi connectivity index (χ0v) is 21.3. The summed E-state index contributed by atoms with van der Waals surface area (Å²) < 4.78 is 44.3. The molecule has 0 aliphatic carbocycles. The molecule has 0 bridgehead atoms. The van der Waals surface area contributed by atoms with E-state index in [0.717, 1.165) is 22.9 Å². The molecule has 0 saturated carbocycles. The van der Waals surface area contributed by atoms with E-state index in [2.05, 4.69) is 15.3 Å². The van der Waals surface area contributed by atoms with Gasteiger partial charge in [-0.1, -0.05) is 12.1 Å². The van der Waals surface area contributed by atoms with E-state index in [9.17, 15) is 18.0 Å². The molecule has 0 amide bonds. The SMILES string of the molecule is Cc1ccc(Cc2ccc3ncc4ccc(=O)n(-c5ccc(N6CCNCC6)c(C(F)(F)F)c5)c4c3c2)cn1. The largest absolute Gasteiger partial charge is 0.418 e. The standard InChI is InChI=1S/C30H26F3N5O/c1-19-2-3-21(17-35-19)14-20-4-7-26-24(15-20)29-22(18-36-26)5-9-28(39)38(29)23-6-8-27(25(16-23)30(31,32)33)37-12-10-34-11-13-37/h2-9,15-18,34H,10-14H2,1H3. The first-order valence-corrected chi connectivity index (χ1v) is 12.8. The Morgan fingerprint density at radius 3 is 2.44 bits per heavy atom. The minimum Gasteiger partial charge on any atom is -0.368 e. The van der Waals surface area contributed by atoms with Crippen LogP contribution in [0.15, 0.2) is 77.9 Å². The van der Waals surface area contributed by atoms with Gasteiger partial charge in [-0.05, 0) is 66.9 Å². The Labute approximate surface area is 222 Å². The highest BCUT2D eigenvalue weighted by Gasteiger charge is 2.36. The first kappa shape index (κ1) is 25.1. The normalized spacial score (nSPS) is 14.3. The average Bonchev–Trinajstić information content (AvgIpc) is 2.94. The van der Waals surface area contributed by atoms with Gasteiger partial charge >= 0.3 is 6.18 Å². The summed E-state index contributed by atoms with van der Waals surface area (Å²) in [6.45, 7) is 4.11. The number of aryl methyl sites for hydroxylation is 1. The van der Waals surface area contributed by atoms with Crippen LogP contribution in [-0.4, -0.2) is 40.7 Å². The topological polar surface area (TPSA) is 63.1 Å². The molecule has 1 N–H and O–H groups in total. The van der Waals surface area contributed by atoms with Crippen molar-refractivity contribution in [3.05, 3.63) is 106 Å². The number of pyridine rings is 3. The monoisotopic (exact) mass is 529 g/mol. The predicted octanol–water partition coefficient (Wildman–Crippen LogP) is 5.26. The summed E-state index contributed by atoms with van der Waals surface area (Å²) in [6, 6.07) is 17.0. The first-order valence-electron chi connectivity index (χ1n) is 12.8. The maximum atomic E-state index is 14.3. The number of alkyl halides is 3. The van der Waals surface area contributed by atoms with Crippen molar-refractivity contribution < 1.29 is 13.2 Å². The van der Waals surface area contributed by atoms with E-state index in [4.69, 9.17) is 0 Å². The van der Waals surface area contributed by atoms with Gasteiger partial charge in [-0.15, -0.1) is 0 Å². The molecular formula is C30H26F3N5O. The van der Waals surface area contributed by atoms with Gasteiger partial charge in [-0.3, -0.25) is 19.3 Å². The van der Waals surface area contributed by atoms with Crippen LogP contribution in [0.4, 0.5) is 18.9 Å². The summed E-state index contributed by atoms with van der Waals surface area (Å²) in [4.78, 5) is 23.9. The van der Waals surface area contributed by atoms with E-state index >= 15 is 0 Å². The minimum absolute atomic E-state index is 0.126. The van der Waals surface area contributed by atoms with Gasteiger partial charge in [0, 0.05) is 66.8 Å². The molecule has 6 nitrogen and oxygen atoms in total. The van der Waals surface area contributed by atoms with Crippen molar-refractivity contribution in [2.45, 2.75) is 19.5 Å². The summed E-state index contributed by atoms with van der Waals surface area (Å²) >= 11 is 0. The Morgan fingerprint density at radius 1 is 0.897 bits per heavy atom. The fraction of sp³-hybridized carbons (Fsp3) is 0.233. The second-order valence-electron chi connectivity index (χ2n) is 9.84. The highest BCUT2D eigenvalue weighted by Crippen LogP contribution is 2.38. The van der Waals surface area contributed by atoms with E-state index in [1.807, 2.05) is 43.5 Å². The third-order valence-corrected chi connectivity index (χ3v) is 7.16. The molecule has 1 aliphatic heterocycles. The minimum atomic E-state index is -4.58. The maximum absolute atomic E-state index is 14.3. The molecule has 6 rings (SSSR count). The van der Waals surface area contributed by atoms with Crippen molar-refractivity contribution in [1.29, 1.82) is 0 Å². The van der Waals surface area contributed by atoms with Gasteiger partial charge in [-0.25, -0.2) is 0 Å². The van der Waals surface area contributed by atoms with Crippen LogP contribution < -0.4 is 15.8 Å². The van der Waals surface area contributed by atoms with Gasteiger partial charge in [0.05, 0.1) is 22.3 Å². The Morgan fingerprint density at radius 2 is 1.69 bits per heavy atom. The predicted molar refractivity (Wildman–Crippen MR) is 147 cm³/mol. The molecule has 1 saturated heterocycles. The van der Waals surface area contributed by atoms with E-state index in [0.29, 0.717) is 54.4 Å². The number of benzene rings is 2. The Kier molecular flexibility index (Phi) is 6.31. The number of halogens is 3. The summed E-state index contributed by atoms with van der Waals surface area (Å²) in [6.07, 6.45) is -0.482. The Balaban J connectivity index is 1.54. The van der Waals surface area contributed by atoms with Crippen molar-refractivity contribution in [2.75, 3.05) is 31.1 Å². The van der Waals surface area contributed by atoms with Crippen molar-refractivity contribution >= 4 is 27.5 Å². The molecule has 198 valence electrons. The van der Waals surface area contributed by atoms with Crippen LogP contribution in [0.25, 0.3) is 27.5 Å². The quantitative estimate of drug-likeness (QED) is 0.322. The fourth-order valence-electron chi connectivity index (χ4n) is 5.24. The number of anilines is 1. The number of fused-ring (bicyclic) bond motifs is 3. The molecule has 1 aliphatic rings. The van der Waals surface area contributed by atoms with Crippen molar-refractivity contribution in [1.82, 2.24) is 19.9 Å². The lowest BCUT2D eigenvalue weighted by Crippen LogP contribution is -2.44. The summed E-state index contributed by atoms with van der Waals surface area (Å²) in [5.74, 6) is 0. The van der Waals surface area contributed by atoms with Crippen molar-refractivity contribution in [3.63, 3.8) is 0 Å². The molecular weight excluding hydrogens is 503 g/mol. The van der Waals surface area contributed by atoms with Crippen molar-refractivity contribution in [3.8, 4) is 5.69 Å². The number of nitrogens with one attached hydrogen (secondary N) is 1. The molecule has 39 heavy (non-hydrogen) atoms. The van der Waals surface area contributed by atoms with Gasteiger partial charge in [-0.2, -0.15) is 13.2 Å². The molecule has 1 fully saturated rings. The summed E-state index contributed by atoms with van der Waals surface area (Å²) in [7, 11) is 0. The maximum Gasteiger partial charge on any atom is 0.418 e. The molecule has 4 heterocycles. The molecule has 9 heteroatoms. The summed E-state index contributed by atoms with van der Waals surface area (Å²) in [5, 5.41) is 4.53. The van der Waals surface area contributed by atoms with Crippen LogP contribution >= 0.6 is 0 Å². The molecule has 0 unspecified atom stereocenters. The van der Waals surface area contributed by atoms with E-state index in [-0.39, 0.29) is 11.4 Å². The highest BCUT2D eigenvalue weighted by molar-refractivity contribution is 6.04. The van der Waals surface area contributed by atoms with Gasteiger partial charge in [0.25, 0.3) is 5.56 Å².